The summed E-state index contributed by atoms with van der Waals surface area (Å²) in [5.74, 6) is 0.496. The number of para-hydroxylation sites is 2. The van der Waals surface area contributed by atoms with Crippen molar-refractivity contribution in [2.75, 3.05) is 6.26 Å². The summed E-state index contributed by atoms with van der Waals surface area (Å²) >= 11 is 0. The van der Waals surface area contributed by atoms with E-state index in [1.54, 1.807) is 41.3 Å². The number of benzene rings is 2. The van der Waals surface area contributed by atoms with Crippen LogP contribution in [0.4, 0.5) is 0 Å². The van der Waals surface area contributed by atoms with Crippen LogP contribution < -0.4 is 0 Å². The summed E-state index contributed by atoms with van der Waals surface area (Å²) in [5, 5.41) is 4.29. The molecular formula is C17H13N3O3S. The Morgan fingerprint density at radius 1 is 1.04 bits per heavy atom. The first-order chi connectivity index (χ1) is 11.5. The molecule has 0 saturated heterocycles. The second-order valence-corrected chi connectivity index (χ2v) is 7.44. The molecule has 0 aliphatic carbocycles. The fourth-order valence-corrected chi connectivity index (χ4v) is 3.05. The van der Waals surface area contributed by atoms with Gasteiger partial charge in [0.25, 0.3) is 0 Å². The van der Waals surface area contributed by atoms with Gasteiger partial charge in [0.05, 0.1) is 22.3 Å². The van der Waals surface area contributed by atoms with Gasteiger partial charge in [-0.2, -0.15) is 5.10 Å². The van der Waals surface area contributed by atoms with Crippen LogP contribution in [0.15, 0.2) is 70.2 Å². The van der Waals surface area contributed by atoms with Crippen molar-refractivity contribution in [3.05, 3.63) is 60.9 Å². The lowest BCUT2D eigenvalue weighted by molar-refractivity contribution is 0.602. The highest BCUT2D eigenvalue weighted by atomic mass is 32.2. The molecule has 0 atom stereocenters. The highest BCUT2D eigenvalue weighted by Crippen LogP contribution is 2.24. The average Bonchev–Trinajstić information content (AvgIpc) is 3.21. The van der Waals surface area contributed by atoms with Gasteiger partial charge in [0.2, 0.25) is 5.89 Å². The number of hydrogen-bond acceptors (Lipinski definition) is 5. The molecule has 2 aromatic carbocycles. The van der Waals surface area contributed by atoms with Crippen LogP contribution in [0.5, 0.6) is 0 Å². The number of nitrogens with zero attached hydrogens (tertiary/aromatic N) is 3. The molecule has 0 aliphatic rings. The van der Waals surface area contributed by atoms with Crippen molar-refractivity contribution >= 4 is 20.9 Å². The molecule has 0 saturated carbocycles. The van der Waals surface area contributed by atoms with Gasteiger partial charge in [-0.15, -0.1) is 0 Å². The van der Waals surface area contributed by atoms with Gasteiger partial charge >= 0.3 is 0 Å². The largest absolute Gasteiger partial charge is 0.436 e. The average molecular weight is 339 g/mol. The number of sulfone groups is 1. The van der Waals surface area contributed by atoms with E-state index in [9.17, 15) is 8.42 Å². The Morgan fingerprint density at radius 3 is 2.50 bits per heavy atom. The van der Waals surface area contributed by atoms with E-state index in [2.05, 4.69) is 10.1 Å². The van der Waals surface area contributed by atoms with Crippen LogP contribution in [0.25, 0.3) is 28.2 Å². The van der Waals surface area contributed by atoms with E-state index < -0.39 is 9.84 Å². The Morgan fingerprint density at radius 2 is 1.79 bits per heavy atom. The number of aromatic nitrogens is 3. The molecule has 24 heavy (non-hydrogen) atoms. The summed E-state index contributed by atoms with van der Waals surface area (Å²) in [6.45, 7) is 0. The van der Waals surface area contributed by atoms with E-state index in [0.29, 0.717) is 5.89 Å². The molecule has 120 valence electrons. The SMILES string of the molecule is CS(=O)(=O)c1ccc(-n2cc(-c3nc4ccccc4o3)cn2)cc1. The quantitative estimate of drug-likeness (QED) is 0.573. The van der Waals surface area contributed by atoms with Gasteiger partial charge in [-0.3, -0.25) is 0 Å². The maximum atomic E-state index is 11.5. The van der Waals surface area contributed by atoms with Crippen molar-refractivity contribution in [3.8, 4) is 17.1 Å². The second kappa shape index (κ2) is 5.31. The lowest BCUT2D eigenvalue weighted by Crippen LogP contribution is -1.98. The van der Waals surface area contributed by atoms with Crippen molar-refractivity contribution in [1.82, 2.24) is 14.8 Å². The molecule has 2 aromatic heterocycles. The van der Waals surface area contributed by atoms with Crippen molar-refractivity contribution < 1.29 is 12.8 Å². The van der Waals surface area contributed by atoms with Crippen molar-refractivity contribution in [2.45, 2.75) is 4.90 Å². The van der Waals surface area contributed by atoms with Gasteiger partial charge < -0.3 is 4.42 Å². The van der Waals surface area contributed by atoms with Crippen LogP contribution in [0.2, 0.25) is 0 Å². The Balaban J connectivity index is 1.69. The first kappa shape index (κ1) is 14.6. The molecule has 0 fully saturated rings. The minimum atomic E-state index is -3.21. The lowest BCUT2D eigenvalue weighted by atomic mass is 10.3. The maximum absolute atomic E-state index is 11.5. The Hall–Kier alpha value is -2.93. The predicted octanol–water partition coefficient (Wildman–Crippen LogP) is 3.08. The van der Waals surface area contributed by atoms with Crippen LogP contribution in [0.1, 0.15) is 0 Å². The molecule has 0 bridgehead atoms. The smallest absolute Gasteiger partial charge is 0.230 e. The topological polar surface area (TPSA) is 78.0 Å². The van der Waals surface area contributed by atoms with Gasteiger partial charge in [-0.25, -0.2) is 18.1 Å². The molecule has 4 aromatic rings. The number of fused-ring (bicyclic) bond motifs is 1. The van der Waals surface area contributed by atoms with E-state index in [4.69, 9.17) is 4.42 Å². The van der Waals surface area contributed by atoms with Gasteiger partial charge in [-0.1, -0.05) is 12.1 Å². The molecule has 0 radical (unpaired) electrons. The summed E-state index contributed by atoms with van der Waals surface area (Å²) in [5.41, 5.74) is 3.01. The van der Waals surface area contributed by atoms with E-state index in [1.807, 2.05) is 24.3 Å². The molecule has 0 unspecified atom stereocenters. The monoisotopic (exact) mass is 339 g/mol. The predicted molar refractivity (Wildman–Crippen MR) is 89.7 cm³/mol. The van der Waals surface area contributed by atoms with E-state index >= 15 is 0 Å². The number of rotatable bonds is 3. The lowest BCUT2D eigenvalue weighted by Gasteiger charge is -2.02. The number of oxazole rings is 1. The Kier molecular flexibility index (Phi) is 3.24. The standard InChI is InChI=1S/C17H13N3O3S/c1-24(21,22)14-8-6-13(7-9-14)20-11-12(10-18-20)17-19-15-4-2-3-5-16(15)23-17/h2-11H,1H3. The molecule has 7 heteroatoms. The Bertz CT molecular complexity index is 1090. The molecule has 4 rings (SSSR count). The molecule has 6 nitrogen and oxygen atoms in total. The zero-order valence-electron chi connectivity index (χ0n) is 12.7. The van der Waals surface area contributed by atoms with Gasteiger partial charge in [0.1, 0.15) is 5.52 Å². The van der Waals surface area contributed by atoms with Crippen LogP contribution in [0, 0.1) is 0 Å². The van der Waals surface area contributed by atoms with Gasteiger partial charge in [-0.05, 0) is 36.4 Å². The molecule has 2 heterocycles. The minimum absolute atomic E-state index is 0.276. The van der Waals surface area contributed by atoms with Gasteiger partial charge in [0.15, 0.2) is 15.4 Å². The first-order valence-electron chi connectivity index (χ1n) is 7.22. The molecule has 0 aliphatic heterocycles. The molecular weight excluding hydrogens is 326 g/mol. The fraction of sp³-hybridized carbons (Fsp3) is 0.0588. The molecule has 0 N–H and O–H groups in total. The highest BCUT2D eigenvalue weighted by Gasteiger charge is 2.11. The van der Waals surface area contributed by atoms with Crippen LogP contribution >= 0.6 is 0 Å². The van der Waals surface area contributed by atoms with Crippen molar-refractivity contribution in [2.24, 2.45) is 0 Å². The Labute approximate surface area is 138 Å². The third kappa shape index (κ3) is 2.59. The minimum Gasteiger partial charge on any atom is -0.436 e. The van der Waals surface area contributed by atoms with E-state index in [-0.39, 0.29) is 4.90 Å². The normalized spacial score (nSPS) is 11.9. The summed E-state index contributed by atoms with van der Waals surface area (Å²) < 4.78 is 30.4. The first-order valence-corrected chi connectivity index (χ1v) is 9.11. The third-order valence-electron chi connectivity index (χ3n) is 3.65. The zero-order valence-corrected chi connectivity index (χ0v) is 13.6. The summed E-state index contributed by atoms with van der Waals surface area (Å²) in [6.07, 6.45) is 4.64. The highest BCUT2D eigenvalue weighted by molar-refractivity contribution is 7.90. The number of hydrogen-bond donors (Lipinski definition) is 0. The summed E-state index contributed by atoms with van der Waals surface area (Å²) in [7, 11) is -3.21. The zero-order chi connectivity index (χ0) is 16.7. The summed E-state index contributed by atoms with van der Waals surface area (Å²) in [6, 6.07) is 14.1. The van der Waals surface area contributed by atoms with Crippen LogP contribution in [-0.2, 0) is 9.84 Å². The van der Waals surface area contributed by atoms with Crippen molar-refractivity contribution in [1.29, 1.82) is 0 Å². The maximum Gasteiger partial charge on any atom is 0.230 e. The summed E-state index contributed by atoms with van der Waals surface area (Å²) in [4.78, 5) is 4.71. The van der Waals surface area contributed by atoms with E-state index in [0.717, 1.165) is 22.4 Å². The van der Waals surface area contributed by atoms with Crippen LogP contribution in [0.3, 0.4) is 0 Å². The van der Waals surface area contributed by atoms with Crippen molar-refractivity contribution in [3.63, 3.8) is 0 Å². The molecule has 0 spiro atoms. The third-order valence-corrected chi connectivity index (χ3v) is 4.78. The van der Waals surface area contributed by atoms with Crippen LogP contribution in [-0.4, -0.2) is 29.4 Å². The fourth-order valence-electron chi connectivity index (χ4n) is 2.42. The van der Waals surface area contributed by atoms with Gasteiger partial charge in [0, 0.05) is 12.5 Å². The second-order valence-electron chi connectivity index (χ2n) is 5.43. The molecule has 0 amide bonds. The van der Waals surface area contributed by atoms with E-state index in [1.165, 1.54) is 6.26 Å².